The molecule has 0 heterocycles. The summed E-state index contributed by atoms with van der Waals surface area (Å²) in [5.41, 5.74) is 9.23. The summed E-state index contributed by atoms with van der Waals surface area (Å²) in [6, 6.07) is 10.4. The molecule has 20 heavy (non-hydrogen) atoms. The number of phenolic OH excluding ortho intramolecular Hbond substituents is 1. The molecule has 0 radical (unpaired) electrons. The fourth-order valence-electron chi connectivity index (χ4n) is 2.16. The van der Waals surface area contributed by atoms with E-state index >= 15 is 0 Å². The van der Waals surface area contributed by atoms with Crippen molar-refractivity contribution in [3.8, 4) is 5.75 Å². The predicted molar refractivity (Wildman–Crippen MR) is 81.2 cm³/mol. The van der Waals surface area contributed by atoms with E-state index in [1.165, 1.54) is 12.1 Å². The Morgan fingerprint density at radius 2 is 1.85 bits per heavy atom. The largest absolute Gasteiger partial charge is 0.506 e. The summed E-state index contributed by atoms with van der Waals surface area (Å²) in [6.07, 6.45) is 0. The Labute approximate surface area is 118 Å². The topological polar surface area (TPSA) is 66.6 Å². The smallest absolute Gasteiger partial charge is 0.258 e. The molecule has 0 aliphatic heterocycles. The van der Waals surface area contributed by atoms with Crippen molar-refractivity contribution in [2.75, 3.05) is 17.7 Å². The molecule has 0 saturated heterocycles. The Hall–Kier alpha value is -2.49. The molecule has 0 bridgehead atoms. The molecule has 3 N–H and O–H groups in total. The number of nitrogen functional groups attached to an aromatic ring is 1. The highest BCUT2D eigenvalue weighted by Crippen LogP contribution is 2.25. The number of benzene rings is 2. The quantitative estimate of drug-likeness (QED) is 0.651. The molecule has 0 aliphatic rings. The van der Waals surface area contributed by atoms with E-state index in [1.54, 1.807) is 18.0 Å². The van der Waals surface area contributed by atoms with Crippen LogP contribution >= 0.6 is 0 Å². The molecule has 104 valence electrons. The highest BCUT2D eigenvalue weighted by molar-refractivity contribution is 6.06. The molecule has 0 fully saturated rings. The number of nitrogens with two attached hydrogens (primary N) is 1. The van der Waals surface area contributed by atoms with Gasteiger partial charge < -0.3 is 15.7 Å². The molecule has 0 aliphatic carbocycles. The number of phenols is 1. The lowest BCUT2D eigenvalue weighted by Crippen LogP contribution is -2.26. The monoisotopic (exact) mass is 270 g/mol. The van der Waals surface area contributed by atoms with Crippen molar-refractivity contribution in [3.05, 3.63) is 53.1 Å². The van der Waals surface area contributed by atoms with E-state index in [1.807, 2.05) is 32.0 Å². The van der Waals surface area contributed by atoms with Crippen LogP contribution < -0.4 is 10.6 Å². The van der Waals surface area contributed by atoms with Crippen molar-refractivity contribution in [2.45, 2.75) is 13.8 Å². The fourth-order valence-corrected chi connectivity index (χ4v) is 2.16. The van der Waals surface area contributed by atoms with Gasteiger partial charge in [0, 0.05) is 18.3 Å². The van der Waals surface area contributed by atoms with E-state index in [4.69, 9.17) is 5.73 Å². The molecule has 1 amide bonds. The van der Waals surface area contributed by atoms with Gasteiger partial charge in [-0.15, -0.1) is 0 Å². The van der Waals surface area contributed by atoms with E-state index in [2.05, 4.69) is 0 Å². The third kappa shape index (κ3) is 2.59. The zero-order valence-corrected chi connectivity index (χ0v) is 11.8. The molecule has 2 rings (SSSR count). The number of aromatic hydroxyl groups is 1. The number of anilines is 2. The number of carbonyl (C=O) groups is 1. The zero-order chi connectivity index (χ0) is 14.9. The molecular formula is C16H18N2O2. The van der Waals surface area contributed by atoms with Crippen LogP contribution in [0.5, 0.6) is 5.75 Å². The molecule has 0 aromatic heterocycles. The van der Waals surface area contributed by atoms with Gasteiger partial charge in [-0.1, -0.05) is 17.7 Å². The third-order valence-corrected chi connectivity index (χ3v) is 3.30. The molecule has 0 atom stereocenters. The number of carbonyl (C=O) groups excluding carboxylic acids is 1. The third-order valence-electron chi connectivity index (χ3n) is 3.30. The van der Waals surface area contributed by atoms with Crippen molar-refractivity contribution in [3.63, 3.8) is 0 Å². The number of amides is 1. The van der Waals surface area contributed by atoms with Crippen molar-refractivity contribution < 1.29 is 9.90 Å². The minimum atomic E-state index is -0.188. The van der Waals surface area contributed by atoms with E-state index in [-0.39, 0.29) is 17.3 Å². The maximum absolute atomic E-state index is 12.4. The molecule has 0 saturated carbocycles. The second-order valence-corrected chi connectivity index (χ2v) is 4.93. The second kappa shape index (κ2) is 5.25. The lowest BCUT2D eigenvalue weighted by atomic mass is 10.1. The maximum Gasteiger partial charge on any atom is 0.258 e. The summed E-state index contributed by atoms with van der Waals surface area (Å²) in [6.45, 7) is 3.98. The first kappa shape index (κ1) is 13.9. The highest BCUT2D eigenvalue weighted by atomic mass is 16.3. The molecule has 0 unspecified atom stereocenters. The SMILES string of the molecule is Cc1ccc(N(C)C(=O)c2ccc(N)c(O)c2)c(C)c1. The van der Waals surface area contributed by atoms with Gasteiger partial charge >= 0.3 is 0 Å². The highest BCUT2D eigenvalue weighted by Gasteiger charge is 2.16. The van der Waals surface area contributed by atoms with E-state index in [0.29, 0.717) is 5.56 Å². The number of hydrogen-bond acceptors (Lipinski definition) is 3. The summed E-state index contributed by atoms with van der Waals surface area (Å²) < 4.78 is 0. The minimum absolute atomic E-state index is 0.0788. The summed E-state index contributed by atoms with van der Waals surface area (Å²) in [4.78, 5) is 14.0. The molecule has 4 heteroatoms. The van der Waals surface area contributed by atoms with E-state index in [9.17, 15) is 9.90 Å². The van der Waals surface area contributed by atoms with Gasteiger partial charge in [-0.2, -0.15) is 0 Å². The summed E-state index contributed by atoms with van der Waals surface area (Å²) in [5.74, 6) is -0.267. The number of rotatable bonds is 2. The van der Waals surface area contributed by atoms with Crippen LogP contribution in [-0.4, -0.2) is 18.1 Å². The van der Waals surface area contributed by atoms with Gasteiger partial charge in [0.05, 0.1) is 5.69 Å². The lowest BCUT2D eigenvalue weighted by molar-refractivity contribution is 0.0992. The van der Waals surface area contributed by atoms with Crippen molar-refractivity contribution >= 4 is 17.3 Å². The average Bonchev–Trinajstić information content (AvgIpc) is 2.40. The lowest BCUT2D eigenvalue weighted by Gasteiger charge is -2.20. The summed E-state index contributed by atoms with van der Waals surface area (Å²) >= 11 is 0. The van der Waals surface area contributed by atoms with Gasteiger partial charge in [-0.25, -0.2) is 0 Å². The van der Waals surface area contributed by atoms with Crippen LogP contribution in [0.1, 0.15) is 21.5 Å². The normalized spacial score (nSPS) is 10.3. The van der Waals surface area contributed by atoms with Crippen LogP contribution in [0.15, 0.2) is 36.4 Å². The van der Waals surface area contributed by atoms with Crippen molar-refractivity contribution in [1.29, 1.82) is 0 Å². The van der Waals surface area contributed by atoms with Crippen LogP contribution in [0.25, 0.3) is 0 Å². The van der Waals surface area contributed by atoms with Crippen LogP contribution in [0.4, 0.5) is 11.4 Å². The standard InChI is InChI=1S/C16H18N2O2/c1-10-4-7-14(11(2)8-10)18(3)16(20)12-5-6-13(17)15(19)9-12/h4-9,19H,17H2,1-3H3. The van der Waals surface area contributed by atoms with E-state index in [0.717, 1.165) is 16.8 Å². The number of aryl methyl sites for hydroxylation is 2. The Kier molecular flexibility index (Phi) is 3.66. The van der Waals surface area contributed by atoms with Gasteiger partial charge in [0.1, 0.15) is 5.75 Å². The number of nitrogens with zero attached hydrogens (tertiary/aromatic N) is 1. The van der Waals surface area contributed by atoms with Gasteiger partial charge in [0.15, 0.2) is 0 Å². The van der Waals surface area contributed by atoms with Gasteiger partial charge in [0.25, 0.3) is 5.91 Å². The Bertz CT molecular complexity index is 666. The van der Waals surface area contributed by atoms with Gasteiger partial charge in [-0.3, -0.25) is 4.79 Å². The van der Waals surface area contributed by atoms with Gasteiger partial charge in [-0.05, 0) is 43.7 Å². The first-order valence-corrected chi connectivity index (χ1v) is 6.34. The Balaban J connectivity index is 2.34. The Morgan fingerprint density at radius 1 is 1.15 bits per heavy atom. The molecule has 4 nitrogen and oxygen atoms in total. The first-order valence-electron chi connectivity index (χ1n) is 6.34. The summed E-state index contributed by atoms with van der Waals surface area (Å²) in [7, 11) is 1.72. The van der Waals surface area contributed by atoms with Crippen molar-refractivity contribution in [2.24, 2.45) is 0 Å². The van der Waals surface area contributed by atoms with E-state index < -0.39 is 0 Å². The Morgan fingerprint density at radius 3 is 2.45 bits per heavy atom. The number of hydrogen-bond donors (Lipinski definition) is 2. The van der Waals surface area contributed by atoms with Gasteiger partial charge in [0.2, 0.25) is 0 Å². The van der Waals surface area contributed by atoms with Crippen LogP contribution in [0.3, 0.4) is 0 Å². The molecule has 0 spiro atoms. The zero-order valence-electron chi connectivity index (χ0n) is 11.8. The molecular weight excluding hydrogens is 252 g/mol. The summed E-state index contributed by atoms with van der Waals surface area (Å²) in [5, 5.41) is 9.60. The minimum Gasteiger partial charge on any atom is -0.506 e. The average molecular weight is 270 g/mol. The fraction of sp³-hybridized carbons (Fsp3) is 0.188. The first-order chi connectivity index (χ1) is 9.40. The van der Waals surface area contributed by atoms with Crippen molar-refractivity contribution in [1.82, 2.24) is 0 Å². The second-order valence-electron chi connectivity index (χ2n) is 4.93. The van der Waals surface area contributed by atoms with Crippen LogP contribution in [0, 0.1) is 13.8 Å². The molecule has 2 aromatic carbocycles. The van der Waals surface area contributed by atoms with Crippen LogP contribution in [0.2, 0.25) is 0 Å². The molecule has 2 aromatic rings. The van der Waals surface area contributed by atoms with Crippen LogP contribution in [-0.2, 0) is 0 Å². The predicted octanol–water partition coefficient (Wildman–Crippen LogP) is 2.87. The maximum atomic E-state index is 12.4.